The number of nitrogens with zero attached hydrogens (tertiary/aromatic N) is 4. The maximum absolute atomic E-state index is 12.4. The van der Waals surface area contributed by atoms with Crippen LogP contribution in [0.25, 0.3) is 5.82 Å². The van der Waals surface area contributed by atoms with Crippen LogP contribution in [0, 0.1) is 13.8 Å². The van der Waals surface area contributed by atoms with Crippen LogP contribution in [0.1, 0.15) is 28.9 Å². The molecule has 3 aromatic rings. The standard InChI is InChI=1S/C21H21N5O2/c1-14-10-15(2)26(24-14)20-9-8-16(12-22-20)13-23-21(27)19-11-18(25-28-19)17-6-4-3-5-7-17/h3-10,12,19H,11,13H2,1-2H3,(H,23,27)/t19-/m1/s1. The van der Waals surface area contributed by atoms with Gasteiger partial charge < -0.3 is 10.2 Å². The van der Waals surface area contributed by atoms with Crippen LogP contribution in [0.15, 0.2) is 59.9 Å². The summed E-state index contributed by atoms with van der Waals surface area (Å²) in [4.78, 5) is 22.1. The molecule has 1 aliphatic rings. The second kappa shape index (κ2) is 7.64. The lowest BCUT2D eigenvalue weighted by Crippen LogP contribution is -2.34. The number of oxime groups is 1. The Morgan fingerprint density at radius 2 is 2.04 bits per heavy atom. The number of benzene rings is 1. The zero-order valence-corrected chi connectivity index (χ0v) is 15.8. The van der Waals surface area contributed by atoms with Crippen molar-refractivity contribution in [2.45, 2.75) is 32.9 Å². The first kappa shape index (κ1) is 17.9. The third-order valence-corrected chi connectivity index (χ3v) is 4.57. The maximum Gasteiger partial charge on any atom is 0.264 e. The molecule has 0 radical (unpaired) electrons. The zero-order valence-electron chi connectivity index (χ0n) is 15.8. The molecule has 7 heteroatoms. The van der Waals surface area contributed by atoms with Crippen LogP contribution in [0.2, 0.25) is 0 Å². The van der Waals surface area contributed by atoms with Gasteiger partial charge in [0.15, 0.2) is 5.82 Å². The Balaban J connectivity index is 1.32. The Hall–Kier alpha value is -3.48. The Bertz CT molecular complexity index is 1010. The van der Waals surface area contributed by atoms with E-state index < -0.39 is 6.10 Å². The van der Waals surface area contributed by atoms with Gasteiger partial charge in [-0.25, -0.2) is 9.67 Å². The molecular weight excluding hydrogens is 354 g/mol. The number of aromatic nitrogens is 3. The van der Waals surface area contributed by atoms with Crippen molar-refractivity contribution in [3.63, 3.8) is 0 Å². The van der Waals surface area contributed by atoms with Crippen molar-refractivity contribution in [1.82, 2.24) is 20.1 Å². The van der Waals surface area contributed by atoms with Crippen molar-refractivity contribution in [3.8, 4) is 5.82 Å². The number of hydrogen-bond donors (Lipinski definition) is 1. The van der Waals surface area contributed by atoms with Crippen molar-refractivity contribution in [2.75, 3.05) is 0 Å². The fraction of sp³-hybridized carbons (Fsp3) is 0.238. The molecule has 1 N–H and O–H groups in total. The Kier molecular flexibility index (Phi) is 4.89. The molecule has 0 saturated carbocycles. The molecule has 0 unspecified atom stereocenters. The van der Waals surface area contributed by atoms with E-state index in [1.54, 1.807) is 10.9 Å². The van der Waals surface area contributed by atoms with E-state index in [0.717, 1.165) is 34.0 Å². The van der Waals surface area contributed by atoms with Crippen LogP contribution in [-0.4, -0.2) is 32.5 Å². The average molecular weight is 375 g/mol. The molecule has 2 aromatic heterocycles. The van der Waals surface area contributed by atoms with Crippen molar-refractivity contribution in [2.24, 2.45) is 5.16 Å². The predicted octanol–water partition coefficient (Wildman–Crippen LogP) is 2.69. The number of carbonyl (C=O) groups excluding carboxylic acids is 1. The minimum atomic E-state index is -0.600. The van der Waals surface area contributed by atoms with Gasteiger partial charge >= 0.3 is 0 Å². The second-order valence-electron chi connectivity index (χ2n) is 6.78. The number of rotatable bonds is 5. The smallest absolute Gasteiger partial charge is 0.264 e. The Labute approximate surface area is 163 Å². The lowest BCUT2D eigenvalue weighted by molar-refractivity contribution is -0.131. The monoisotopic (exact) mass is 375 g/mol. The van der Waals surface area contributed by atoms with Crippen molar-refractivity contribution in [3.05, 3.63) is 77.2 Å². The van der Waals surface area contributed by atoms with E-state index in [0.29, 0.717) is 13.0 Å². The average Bonchev–Trinajstić information content (AvgIpc) is 3.34. The number of carbonyl (C=O) groups is 1. The summed E-state index contributed by atoms with van der Waals surface area (Å²) in [5.74, 6) is 0.568. The van der Waals surface area contributed by atoms with Gasteiger partial charge in [-0.2, -0.15) is 5.10 Å². The van der Waals surface area contributed by atoms with Gasteiger partial charge in [0.1, 0.15) is 0 Å². The molecule has 0 fully saturated rings. The minimum Gasteiger partial charge on any atom is -0.382 e. The summed E-state index contributed by atoms with van der Waals surface area (Å²) < 4.78 is 1.80. The summed E-state index contributed by atoms with van der Waals surface area (Å²) >= 11 is 0. The third-order valence-electron chi connectivity index (χ3n) is 4.57. The summed E-state index contributed by atoms with van der Waals surface area (Å²) in [6.07, 6.45) is 1.61. The summed E-state index contributed by atoms with van der Waals surface area (Å²) in [6, 6.07) is 15.6. The van der Waals surface area contributed by atoms with Gasteiger partial charge in [-0.15, -0.1) is 0 Å². The topological polar surface area (TPSA) is 81.4 Å². The zero-order chi connectivity index (χ0) is 19.5. The van der Waals surface area contributed by atoms with Crippen LogP contribution in [0.4, 0.5) is 0 Å². The molecule has 3 heterocycles. The quantitative estimate of drug-likeness (QED) is 0.743. The van der Waals surface area contributed by atoms with Crippen LogP contribution in [-0.2, 0) is 16.2 Å². The number of amides is 1. The molecule has 1 amide bonds. The van der Waals surface area contributed by atoms with E-state index >= 15 is 0 Å². The van der Waals surface area contributed by atoms with Gasteiger partial charge in [0, 0.05) is 24.9 Å². The number of aryl methyl sites for hydroxylation is 2. The fourth-order valence-electron chi connectivity index (χ4n) is 3.13. The number of pyridine rings is 1. The molecule has 0 spiro atoms. The van der Waals surface area contributed by atoms with Crippen LogP contribution >= 0.6 is 0 Å². The van der Waals surface area contributed by atoms with E-state index in [1.165, 1.54) is 0 Å². The molecule has 4 rings (SSSR count). The minimum absolute atomic E-state index is 0.183. The number of hydrogen-bond acceptors (Lipinski definition) is 5. The van der Waals surface area contributed by atoms with Crippen molar-refractivity contribution >= 4 is 11.6 Å². The highest BCUT2D eigenvalue weighted by atomic mass is 16.6. The molecule has 0 aliphatic carbocycles. The Morgan fingerprint density at radius 1 is 1.21 bits per heavy atom. The van der Waals surface area contributed by atoms with Gasteiger partial charge in [-0.1, -0.05) is 41.6 Å². The van der Waals surface area contributed by atoms with E-state index in [2.05, 4.69) is 20.6 Å². The van der Waals surface area contributed by atoms with Crippen molar-refractivity contribution in [1.29, 1.82) is 0 Å². The first-order valence-electron chi connectivity index (χ1n) is 9.14. The SMILES string of the molecule is Cc1cc(C)n(-c2ccc(CNC(=O)[C@H]3CC(c4ccccc4)=NO3)cn2)n1. The highest BCUT2D eigenvalue weighted by Gasteiger charge is 2.28. The largest absolute Gasteiger partial charge is 0.382 e. The summed E-state index contributed by atoms with van der Waals surface area (Å²) in [6.45, 7) is 4.32. The van der Waals surface area contributed by atoms with Gasteiger partial charge in [0.25, 0.3) is 5.91 Å². The molecule has 28 heavy (non-hydrogen) atoms. The first-order chi connectivity index (χ1) is 13.6. The maximum atomic E-state index is 12.4. The lowest BCUT2D eigenvalue weighted by Gasteiger charge is -2.10. The molecule has 1 aromatic carbocycles. The molecule has 1 atom stereocenters. The normalized spacial score (nSPS) is 15.8. The van der Waals surface area contributed by atoms with E-state index in [4.69, 9.17) is 4.84 Å². The summed E-state index contributed by atoms with van der Waals surface area (Å²) in [5.41, 5.74) is 4.64. The van der Waals surface area contributed by atoms with E-state index in [9.17, 15) is 4.79 Å². The molecule has 1 aliphatic heterocycles. The highest BCUT2D eigenvalue weighted by molar-refractivity contribution is 6.04. The van der Waals surface area contributed by atoms with E-state index in [1.807, 2.05) is 62.4 Å². The highest BCUT2D eigenvalue weighted by Crippen LogP contribution is 2.17. The van der Waals surface area contributed by atoms with Crippen LogP contribution < -0.4 is 5.32 Å². The second-order valence-corrected chi connectivity index (χ2v) is 6.78. The van der Waals surface area contributed by atoms with Crippen LogP contribution in [0.5, 0.6) is 0 Å². The first-order valence-corrected chi connectivity index (χ1v) is 9.14. The summed E-state index contributed by atoms with van der Waals surface area (Å²) in [5, 5.41) is 11.4. The van der Waals surface area contributed by atoms with Gasteiger partial charge in [0.05, 0.1) is 11.4 Å². The predicted molar refractivity (Wildman–Crippen MR) is 105 cm³/mol. The molecule has 142 valence electrons. The number of nitrogens with one attached hydrogen (secondary N) is 1. The fourth-order valence-corrected chi connectivity index (χ4v) is 3.13. The van der Waals surface area contributed by atoms with Crippen LogP contribution in [0.3, 0.4) is 0 Å². The third kappa shape index (κ3) is 3.78. The van der Waals surface area contributed by atoms with E-state index in [-0.39, 0.29) is 5.91 Å². The lowest BCUT2D eigenvalue weighted by atomic mass is 10.0. The van der Waals surface area contributed by atoms with Gasteiger partial charge in [-0.3, -0.25) is 4.79 Å². The molecular formula is C21H21N5O2. The molecule has 0 bridgehead atoms. The van der Waals surface area contributed by atoms with Gasteiger partial charge in [0.2, 0.25) is 6.10 Å². The van der Waals surface area contributed by atoms with Crippen molar-refractivity contribution < 1.29 is 9.63 Å². The molecule has 0 saturated heterocycles. The van der Waals surface area contributed by atoms with Gasteiger partial charge in [-0.05, 0) is 37.1 Å². The molecule has 7 nitrogen and oxygen atoms in total. The summed E-state index contributed by atoms with van der Waals surface area (Å²) in [7, 11) is 0. The Morgan fingerprint density at radius 3 is 2.71 bits per heavy atom.